The minimum absolute atomic E-state index is 0.242. The molecule has 0 aliphatic carbocycles. The summed E-state index contributed by atoms with van der Waals surface area (Å²) >= 11 is 0. The van der Waals surface area contributed by atoms with Gasteiger partial charge >= 0.3 is 12.3 Å². The lowest BCUT2D eigenvalue weighted by Gasteiger charge is -2.20. The third-order valence-corrected chi connectivity index (χ3v) is 4.02. The molecule has 8 heteroatoms. The van der Waals surface area contributed by atoms with E-state index in [4.69, 9.17) is 0 Å². The molecular weight excluding hydrogens is 363 g/mol. The first kappa shape index (κ1) is 20.3. The van der Waals surface area contributed by atoms with Gasteiger partial charge in [-0.2, -0.15) is 0 Å². The first-order valence-electron chi connectivity index (χ1n) is 8.09. The van der Waals surface area contributed by atoms with E-state index in [0.29, 0.717) is 0 Å². The highest BCUT2D eigenvalue weighted by molar-refractivity contribution is 5.93. The Bertz CT molecular complexity index is 776. The Morgan fingerprint density at radius 1 is 1.07 bits per heavy atom. The number of rotatable bonds is 7. The molecule has 0 bridgehead atoms. The van der Waals surface area contributed by atoms with E-state index in [9.17, 15) is 27.9 Å². The molecular formula is C19H18F3NO4. The summed E-state index contributed by atoms with van der Waals surface area (Å²) in [6, 6.07) is 13.6. The Balaban J connectivity index is 2.01. The van der Waals surface area contributed by atoms with Gasteiger partial charge < -0.3 is 15.2 Å². The van der Waals surface area contributed by atoms with Crippen LogP contribution in [0.15, 0.2) is 54.6 Å². The zero-order valence-corrected chi connectivity index (χ0v) is 14.4. The van der Waals surface area contributed by atoms with Gasteiger partial charge in [-0.05, 0) is 35.7 Å². The lowest BCUT2D eigenvalue weighted by Crippen LogP contribution is -2.26. The standard InChI is InChI=1S/C19H18F3NO4/c1-12(13-5-3-2-4-6-13)16(18(25)26)11-17(24)23-14-7-9-15(10-8-14)27-19(20,21)22/h2-10,12,16H,11H2,1H3,(H,23,24)(H,25,26)/t12-,16-/m0/s1. The van der Waals surface area contributed by atoms with Crippen molar-refractivity contribution in [2.75, 3.05) is 5.32 Å². The molecule has 2 aromatic carbocycles. The van der Waals surface area contributed by atoms with Crippen LogP contribution < -0.4 is 10.1 Å². The van der Waals surface area contributed by atoms with Gasteiger partial charge in [-0.3, -0.25) is 9.59 Å². The van der Waals surface area contributed by atoms with Crippen LogP contribution >= 0.6 is 0 Å². The summed E-state index contributed by atoms with van der Waals surface area (Å²) in [5.41, 5.74) is 1.04. The number of halogens is 3. The predicted molar refractivity (Wildman–Crippen MR) is 92.4 cm³/mol. The second-order valence-electron chi connectivity index (χ2n) is 5.97. The van der Waals surface area contributed by atoms with E-state index in [-0.39, 0.29) is 12.1 Å². The fraction of sp³-hybridized carbons (Fsp3) is 0.263. The van der Waals surface area contributed by atoms with Crippen molar-refractivity contribution in [3.8, 4) is 5.75 Å². The first-order chi connectivity index (χ1) is 12.7. The minimum Gasteiger partial charge on any atom is -0.481 e. The van der Waals surface area contributed by atoms with Gasteiger partial charge in [-0.25, -0.2) is 0 Å². The van der Waals surface area contributed by atoms with Crippen molar-refractivity contribution in [2.24, 2.45) is 5.92 Å². The second-order valence-corrected chi connectivity index (χ2v) is 5.97. The number of benzene rings is 2. The molecule has 0 saturated carbocycles. The van der Waals surface area contributed by atoms with Crippen molar-refractivity contribution in [1.82, 2.24) is 0 Å². The maximum atomic E-state index is 12.2. The lowest BCUT2D eigenvalue weighted by atomic mass is 9.85. The van der Waals surface area contributed by atoms with E-state index >= 15 is 0 Å². The number of hydrogen-bond donors (Lipinski definition) is 2. The number of ether oxygens (including phenoxy) is 1. The summed E-state index contributed by atoms with van der Waals surface area (Å²) in [4.78, 5) is 23.8. The molecule has 5 nitrogen and oxygen atoms in total. The van der Waals surface area contributed by atoms with E-state index in [1.165, 1.54) is 12.1 Å². The van der Waals surface area contributed by atoms with E-state index in [1.54, 1.807) is 31.2 Å². The second kappa shape index (κ2) is 8.57. The number of amides is 1. The average molecular weight is 381 g/mol. The predicted octanol–water partition coefficient (Wildman–Crippen LogP) is 4.42. The Kier molecular flexibility index (Phi) is 6.44. The third-order valence-electron chi connectivity index (χ3n) is 4.02. The van der Waals surface area contributed by atoms with Crippen molar-refractivity contribution < 1.29 is 32.6 Å². The topological polar surface area (TPSA) is 75.6 Å². The van der Waals surface area contributed by atoms with Gasteiger partial charge in [0.2, 0.25) is 5.91 Å². The highest BCUT2D eigenvalue weighted by Gasteiger charge is 2.31. The first-order valence-corrected chi connectivity index (χ1v) is 8.09. The van der Waals surface area contributed by atoms with Crippen molar-refractivity contribution in [1.29, 1.82) is 0 Å². The molecule has 0 radical (unpaired) electrons. The summed E-state index contributed by atoms with van der Waals surface area (Å²) in [5, 5.41) is 11.9. The summed E-state index contributed by atoms with van der Waals surface area (Å²) in [6.45, 7) is 1.73. The van der Waals surface area contributed by atoms with Crippen molar-refractivity contribution in [3.63, 3.8) is 0 Å². The van der Waals surface area contributed by atoms with Crippen LogP contribution in [0, 0.1) is 5.92 Å². The van der Waals surface area contributed by atoms with Crippen LogP contribution in [0.4, 0.5) is 18.9 Å². The molecule has 0 aliphatic rings. The Hall–Kier alpha value is -3.03. The number of alkyl halides is 3. The quantitative estimate of drug-likeness (QED) is 0.745. The molecule has 2 N–H and O–H groups in total. The number of carboxylic acids is 1. The van der Waals surface area contributed by atoms with Gasteiger partial charge in [-0.1, -0.05) is 37.3 Å². The number of carboxylic acid groups (broad SMARTS) is 1. The van der Waals surface area contributed by atoms with E-state index in [1.807, 2.05) is 6.07 Å². The molecule has 0 spiro atoms. The number of aliphatic carboxylic acids is 1. The molecule has 1 amide bonds. The zero-order valence-electron chi connectivity index (χ0n) is 14.4. The van der Waals surface area contributed by atoms with Crippen LogP contribution in [0.1, 0.15) is 24.8 Å². The minimum atomic E-state index is -4.80. The van der Waals surface area contributed by atoms with Gasteiger partial charge in [0.05, 0.1) is 5.92 Å². The Morgan fingerprint density at radius 3 is 2.19 bits per heavy atom. The molecule has 0 saturated heterocycles. The fourth-order valence-corrected chi connectivity index (χ4v) is 2.62. The van der Waals surface area contributed by atoms with E-state index in [2.05, 4.69) is 10.1 Å². The summed E-state index contributed by atoms with van der Waals surface area (Å²) < 4.78 is 40.2. The third kappa shape index (κ3) is 6.32. The molecule has 0 fully saturated rings. The van der Waals surface area contributed by atoms with Crippen LogP contribution in [-0.4, -0.2) is 23.3 Å². The number of hydrogen-bond acceptors (Lipinski definition) is 3. The van der Waals surface area contributed by atoms with Crippen LogP contribution in [0.3, 0.4) is 0 Å². The summed E-state index contributed by atoms with van der Waals surface area (Å²) in [7, 11) is 0. The largest absolute Gasteiger partial charge is 0.573 e. The molecule has 2 rings (SSSR count). The number of nitrogens with one attached hydrogen (secondary N) is 1. The monoisotopic (exact) mass is 381 g/mol. The van der Waals surface area contributed by atoms with Crippen LogP contribution in [0.2, 0.25) is 0 Å². The summed E-state index contributed by atoms with van der Waals surface area (Å²) in [5.74, 6) is -3.40. The molecule has 2 aromatic rings. The number of anilines is 1. The Morgan fingerprint density at radius 2 is 1.67 bits per heavy atom. The molecule has 27 heavy (non-hydrogen) atoms. The summed E-state index contributed by atoms with van der Waals surface area (Å²) in [6.07, 6.45) is -5.07. The number of carbonyl (C=O) groups excluding carboxylic acids is 1. The van der Waals surface area contributed by atoms with Crippen LogP contribution in [-0.2, 0) is 9.59 Å². The maximum Gasteiger partial charge on any atom is 0.573 e. The molecule has 0 unspecified atom stereocenters. The smallest absolute Gasteiger partial charge is 0.481 e. The zero-order chi connectivity index (χ0) is 20.0. The van der Waals surface area contributed by atoms with Crippen LogP contribution in [0.25, 0.3) is 0 Å². The van der Waals surface area contributed by atoms with Gasteiger partial charge in [0, 0.05) is 12.1 Å². The van der Waals surface area contributed by atoms with E-state index in [0.717, 1.165) is 17.7 Å². The van der Waals surface area contributed by atoms with Crippen LogP contribution in [0.5, 0.6) is 5.75 Å². The number of carbonyl (C=O) groups is 2. The lowest BCUT2D eigenvalue weighted by molar-refractivity contribution is -0.274. The molecule has 0 aromatic heterocycles. The van der Waals surface area contributed by atoms with Gasteiger partial charge in [0.25, 0.3) is 0 Å². The fourth-order valence-electron chi connectivity index (χ4n) is 2.62. The van der Waals surface area contributed by atoms with Gasteiger partial charge in [0.1, 0.15) is 5.75 Å². The normalized spacial score (nSPS) is 13.5. The maximum absolute atomic E-state index is 12.2. The molecule has 2 atom stereocenters. The highest BCUT2D eigenvalue weighted by Crippen LogP contribution is 2.28. The Labute approximate surface area is 153 Å². The van der Waals surface area contributed by atoms with Crippen molar-refractivity contribution >= 4 is 17.6 Å². The van der Waals surface area contributed by atoms with Gasteiger partial charge in [0.15, 0.2) is 0 Å². The molecule has 144 valence electrons. The molecule has 0 heterocycles. The molecule has 0 aliphatic heterocycles. The highest BCUT2D eigenvalue weighted by atomic mass is 19.4. The van der Waals surface area contributed by atoms with E-state index < -0.39 is 35.8 Å². The van der Waals surface area contributed by atoms with Gasteiger partial charge in [-0.15, -0.1) is 13.2 Å². The van der Waals surface area contributed by atoms with Crippen molar-refractivity contribution in [3.05, 3.63) is 60.2 Å². The van der Waals surface area contributed by atoms with Crippen molar-refractivity contribution in [2.45, 2.75) is 25.6 Å². The SMILES string of the molecule is C[C@@H](c1ccccc1)[C@H](CC(=O)Nc1ccc(OC(F)(F)F)cc1)C(=O)O. The average Bonchev–Trinajstić information content (AvgIpc) is 2.60.